The van der Waals surface area contributed by atoms with Gasteiger partial charge in [-0.2, -0.15) is 4.68 Å². The number of aryl methyl sites for hydroxylation is 3. The fraction of sp³-hybridized carbons (Fsp3) is 0.294. The molecule has 0 aliphatic heterocycles. The van der Waals surface area contributed by atoms with E-state index in [0.29, 0.717) is 12.2 Å². The number of benzene rings is 1. The number of nitro groups is 1. The van der Waals surface area contributed by atoms with E-state index >= 15 is 0 Å². The maximum Gasteiger partial charge on any atom is 0.390 e. The lowest BCUT2D eigenvalue weighted by Crippen LogP contribution is -2.16. The van der Waals surface area contributed by atoms with Crippen molar-refractivity contribution in [3.8, 4) is 0 Å². The average molecular weight is 369 g/mol. The molecule has 2 heterocycles. The van der Waals surface area contributed by atoms with Gasteiger partial charge in [-0.25, -0.2) is 9.67 Å². The van der Waals surface area contributed by atoms with Crippen LogP contribution in [0.5, 0.6) is 0 Å². The molecule has 0 spiro atoms. The number of nitrogens with one attached hydrogen (secondary N) is 1. The molecule has 0 saturated heterocycles. The third-order valence-corrected chi connectivity index (χ3v) is 3.92. The van der Waals surface area contributed by atoms with Crippen molar-refractivity contribution >= 4 is 17.7 Å². The first-order valence-electron chi connectivity index (χ1n) is 8.34. The van der Waals surface area contributed by atoms with Crippen LogP contribution in [0.15, 0.2) is 36.7 Å². The first kappa shape index (κ1) is 18.2. The summed E-state index contributed by atoms with van der Waals surface area (Å²) < 4.78 is 3.08. The molecule has 0 saturated carbocycles. The van der Waals surface area contributed by atoms with Crippen LogP contribution >= 0.6 is 0 Å². The van der Waals surface area contributed by atoms with Crippen LogP contribution in [-0.4, -0.2) is 35.4 Å². The van der Waals surface area contributed by atoms with Crippen LogP contribution in [0.4, 0.5) is 11.8 Å². The quantitative estimate of drug-likeness (QED) is 0.503. The number of aromatic nitrogens is 5. The molecule has 1 N–H and O–H groups in total. The summed E-state index contributed by atoms with van der Waals surface area (Å²) in [6, 6.07) is 9.43. The van der Waals surface area contributed by atoms with Crippen molar-refractivity contribution in [1.82, 2.24) is 24.5 Å². The van der Waals surface area contributed by atoms with Gasteiger partial charge in [0.2, 0.25) is 11.9 Å². The minimum Gasteiger partial charge on any atom is -0.358 e. The van der Waals surface area contributed by atoms with Crippen molar-refractivity contribution in [1.29, 1.82) is 0 Å². The van der Waals surface area contributed by atoms with Gasteiger partial charge in [-0.05, 0) is 24.3 Å². The van der Waals surface area contributed by atoms with Gasteiger partial charge in [-0.1, -0.05) is 29.8 Å². The SMILES string of the molecule is Cc1cccc(Cn2cnc(NC(=O)CCn3nc([N+](=O)[O-])cc3C)n2)c1. The van der Waals surface area contributed by atoms with Crippen LogP contribution in [0.1, 0.15) is 23.2 Å². The molecule has 1 amide bonds. The third-order valence-electron chi connectivity index (χ3n) is 3.92. The first-order valence-corrected chi connectivity index (χ1v) is 8.34. The number of rotatable bonds is 7. The van der Waals surface area contributed by atoms with E-state index in [1.54, 1.807) is 17.9 Å². The molecule has 0 fully saturated rings. The Labute approximate surface area is 155 Å². The van der Waals surface area contributed by atoms with E-state index in [4.69, 9.17) is 0 Å². The largest absolute Gasteiger partial charge is 0.390 e. The van der Waals surface area contributed by atoms with Gasteiger partial charge in [-0.3, -0.25) is 10.1 Å². The Morgan fingerprint density at radius 3 is 2.78 bits per heavy atom. The minimum absolute atomic E-state index is 0.103. The van der Waals surface area contributed by atoms with E-state index in [2.05, 4.69) is 26.6 Å². The first-order chi connectivity index (χ1) is 12.9. The second-order valence-electron chi connectivity index (χ2n) is 6.18. The molecule has 3 rings (SSSR count). The number of carbonyl (C=O) groups excluding carboxylic acids is 1. The molecule has 140 valence electrons. The zero-order chi connectivity index (χ0) is 19.4. The Balaban J connectivity index is 1.54. The summed E-state index contributed by atoms with van der Waals surface area (Å²) in [5.41, 5.74) is 2.87. The molecule has 2 aromatic heterocycles. The molecule has 0 aliphatic carbocycles. The molecular weight excluding hydrogens is 350 g/mol. The third kappa shape index (κ3) is 4.75. The van der Waals surface area contributed by atoms with Crippen LogP contribution in [0.25, 0.3) is 0 Å². The monoisotopic (exact) mass is 369 g/mol. The number of hydrogen-bond donors (Lipinski definition) is 1. The molecular formula is C17H19N7O3. The predicted octanol–water partition coefficient (Wildman–Crippen LogP) is 2.08. The Morgan fingerprint density at radius 1 is 1.26 bits per heavy atom. The summed E-state index contributed by atoms with van der Waals surface area (Å²) in [5.74, 6) is -0.304. The van der Waals surface area contributed by atoms with Crippen molar-refractivity contribution in [3.05, 3.63) is 63.6 Å². The van der Waals surface area contributed by atoms with Crippen LogP contribution in [0.2, 0.25) is 0 Å². The van der Waals surface area contributed by atoms with E-state index in [9.17, 15) is 14.9 Å². The lowest BCUT2D eigenvalue weighted by atomic mass is 10.1. The Morgan fingerprint density at radius 2 is 2.07 bits per heavy atom. The number of hydrogen-bond acceptors (Lipinski definition) is 6. The minimum atomic E-state index is -0.561. The zero-order valence-electron chi connectivity index (χ0n) is 15.0. The second kappa shape index (κ2) is 7.77. The van der Waals surface area contributed by atoms with E-state index in [1.165, 1.54) is 10.7 Å². The van der Waals surface area contributed by atoms with Gasteiger partial charge in [-0.15, -0.1) is 5.10 Å². The van der Waals surface area contributed by atoms with Crippen molar-refractivity contribution in [2.75, 3.05) is 5.32 Å². The molecule has 0 unspecified atom stereocenters. The van der Waals surface area contributed by atoms with Gasteiger partial charge in [0, 0.05) is 6.42 Å². The predicted molar refractivity (Wildman–Crippen MR) is 97.2 cm³/mol. The Hall–Kier alpha value is -3.56. The lowest BCUT2D eigenvalue weighted by Gasteiger charge is -2.03. The van der Waals surface area contributed by atoms with Gasteiger partial charge >= 0.3 is 5.82 Å². The van der Waals surface area contributed by atoms with E-state index in [-0.39, 0.29) is 30.6 Å². The van der Waals surface area contributed by atoms with Gasteiger partial charge in [0.1, 0.15) is 6.33 Å². The van der Waals surface area contributed by atoms with Crippen molar-refractivity contribution < 1.29 is 9.72 Å². The molecule has 0 bridgehead atoms. The van der Waals surface area contributed by atoms with Gasteiger partial charge in [0.15, 0.2) is 0 Å². The molecule has 27 heavy (non-hydrogen) atoms. The van der Waals surface area contributed by atoms with Gasteiger partial charge < -0.3 is 10.1 Å². The number of anilines is 1. The summed E-state index contributed by atoms with van der Waals surface area (Å²) >= 11 is 0. The molecule has 0 aliphatic rings. The number of nitrogens with zero attached hydrogens (tertiary/aromatic N) is 6. The fourth-order valence-corrected chi connectivity index (χ4v) is 2.63. The molecule has 3 aromatic rings. The van der Waals surface area contributed by atoms with E-state index in [1.807, 2.05) is 25.1 Å². The molecule has 1 aromatic carbocycles. The standard InChI is InChI=1S/C17H19N7O3/c1-12-4-3-5-14(8-12)10-22-11-18-17(21-22)19-16(25)6-7-23-13(2)9-15(20-23)24(26)27/h3-5,8-9,11H,6-7,10H2,1-2H3,(H,19,21,25). The van der Waals surface area contributed by atoms with E-state index < -0.39 is 4.92 Å². The topological polar surface area (TPSA) is 121 Å². The second-order valence-corrected chi connectivity index (χ2v) is 6.18. The van der Waals surface area contributed by atoms with Crippen LogP contribution in [0, 0.1) is 24.0 Å². The Bertz CT molecular complexity index is 977. The zero-order valence-corrected chi connectivity index (χ0v) is 15.0. The summed E-state index contributed by atoms with van der Waals surface area (Å²) in [6.45, 7) is 4.51. The highest BCUT2D eigenvalue weighted by Gasteiger charge is 2.16. The molecule has 10 heteroatoms. The summed E-state index contributed by atoms with van der Waals surface area (Å²) in [7, 11) is 0. The average Bonchev–Trinajstić information content (AvgIpc) is 3.19. The summed E-state index contributed by atoms with van der Waals surface area (Å²) in [5, 5.41) is 21.4. The van der Waals surface area contributed by atoms with Gasteiger partial charge in [0.05, 0.1) is 29.9 Å². The maximum absolute atomic E-state index is 12.1. The van der Waals surface area contributed by atoms with Crippen molar-refractivity contribution in [2.45, 2.75) is 33.4 Å². The number of amides is 1. The van der Waals surface area contributed by atoms with Crippen LogP contribution < -0.4 is 5.32 Å². The fourth-order valence-electron chi connectivity index (χ4n) is 2.63. The Kier molecular flexibility index (Phi) is 5.25. The smallest absolute Gasteiger partial charge is 0.358 e. The highest BCUT2D eigenvalue weighted by atomic mass is 16.6. The van der Waals surface area contributed by atoms with Crippen LogP contribution in [0.3, 0.4) is 0 Å². The maximum atomic E-state index is 12.1. The molecule has 0 atom stereocenters. The lowest BCUT2D eigenvalue weighted by molar-refractivity contribution is -0.389. The van der Waals surface area contributed by atoms with Crippen molar-refractivity contribution in [2.24, 2.45) is 0 Å². The number of carbonyl (C=O) groups is 1. The summed E-state index contributed by atoms with van der Waals surface area (Å²) in [4.78, 5) is 26.3. The normalized spacial score (nSPS) is 10.7. The highest BCUT2D eigenvalue weighted by Crippen LogP contribution is 2.11. The van der Waals surface area contributed by atoms with Crippen molar-refractivity contribution in [3.63, 3.8) is 0 Å². The van der Waals surface area contributed by atoms with Crippen LogP contribution in [-0.2, 0) is 17.9 Å². The highest BCUT2D eigenvalue weighted by molar-refractivity contribution is 5.88. The summed E-state index contributed by atoms with van der Waals surface area (Å²) in [6.07, 6.45) is 1.66. The molecule has 10 nitrogen and oxygen atoms in total. The van der Waals surface area contributed by atoms with Gasteiger partial charge in [0.25, 0.3) is 0 Å². The van der Waals surface area contributed by atoms with E-state index in [0.717, 1.165) is 11.1 Å². The molecule has 0 radical (unpaired) electrons.